The molecule has 2 heterocycles. The van der Waals surface area contributed by atoms with Crippen molar-refractivity contribution in [2.45, 2.75) is 19.3 Å². The minimum Gasteiger partial charge on any atom is -0.454 e. The molecule has 1 aliphatic carbocycles. The molecule has 0 amide bonds. The predicted molar refractivity (Wildman–Crippen MR) is 178 cm³/mol. The molecule has 4 heteroatoms. The quantitative estimate of drug-likeness (QED) is 0.207. The fraction of sp³-hybridized carbons (Fsp3) is 0.0732. The minimum absolute atomic E-state index is 0.145. The predicted octanol–water partition coefficient (Wildman–Crippen LogP) is 10.0. The molecule has 0 radical (unpaired) electrons. The van der Waals surface area contributed by atoms with Crippen molar-refractivity contribution in [1.29, 1.82) is 10.5 Å². The van der Waals surface area contributed by atoms with E-state index >= 15 is 0 Å². The summed E-state index contributed by atoms with van der Waals surface area (Å²) in [5.74, 6) is 0. The van der Waals surface area contributed by atoms with Gasteiger partial charge in [0, 0.05) is 44.3 Å². The van der Waals surface area contributed by atoms with Gasteiger partial charge < -0.3 is 8.98 Å². The SMILES string of the molecule is CC1(C)c2ccccc2-c2c1ccc1c2oc2c(-c3cc(C#N)ccc3-n3c4ccccc4c4cc(C#N)ccc43)cc#cc21. The Labute approximate surface area is 259 Å². The molecule has 45 heavy (non-hydrogen) atoms. The Morgan fingerprint density at radius 1 is 0.667 bits per heavy atom. The Morgan fingerprint density at radius 3 is 2.29 bits per heavy atom. The summed E-state index contributed by atoms with van der Waals surface area (Å²) >= 11 is 0. The molecule has 0 atom stereocenters. The molecule has 0 bridgehead atoms. The summed E-state index contributed by atoms with van der Waals surface area (Å²) in [6, 6.07) is 45.9. The van der Waals surface area contributed by atoms with Crippen LogP contribution in [0.2, 0.25) is 0 Å². The van der Waals surface area contributed by atoms with Gasteiger partial charge in [0.15, 0.2) is 5.58 Å². The van der Waals surface area contributed by atoms with E-state index < -0.39 is 0 Å². The Kier molecular flexibility index (Phi) is 4.98. The summed E-state index contributed by atoms with van der Waals surface area (Å²) in [4.78, 5) is 0. The van der Waals surface area contributed by atoms with E-state index in [-0.39, 0.29) is 5.41 Å². The van der Waals surface area contributed by atoms with E-state index in [1.165, 1.54) is 16.7 Å². The second-order valence-corrected chi connectivity index (χ2v) is 12.2. The van der Waals surface area contributed by atoms with Crippen molar-refractivity contribution in [1.82, 2.24) is 4.57 Å². The number of aromatic nitrogens is 1. The minimum atomic E-state index is -0.145. The van der Waals surface area contributed by atoms with Gasteiger partial charge in [-0.15, -0.1) is 0 Å². The topological polar surface area (TPSA) is 65.7 Å². The number of fused-ring (bicyclic) bond motifs is 10. The first-order chi connectivity index (χ1) is 22.0. The Hall–Kier alpha value is -6.28. The normalized spacial score (nSPS) is 13.1. The van der Waals surface area contributed by atoms with E-state index in [4.69, 9.17) is 4.42 Å². The zero-order valence-corrected chi connectivity index (χ0v) is 24.6. The van der Waals surface area contributed by atoms with Crippen molar-refractivity contribution >= 4 is 43.7 Å². The first kappa shape index (κ1) is 25.2. The molecule has 8 aromatic rings. The van der Waals surface area contributed by atoms with Crippen molar-refractivity contribution < 1.29 is 4.42 Å². The lowest BCUT2D eigenvalue weighted by molar-refractivity contribution is 0.653. The molecule has 9 rings (SSSR count). The van der Waals surface area contributed by atoms with Crippen LogP contribution < -0.4 is 0 Å². The highest BCUT2D eigenvalue weighted by Gasteiger charge is 2.37. The molecule has 1 aliphatic rings. The second-order valence-electron chi connectivity index (χ2n) is 12.2. The second kappa shape index (κ2) is 8.87. The Balaban J connectivity index is 1.37. The third-order valence-corrected chi connectivity index (χ3v) is 9.52. The molecular formula is C41H23N3O. The highest BCUT2D eigenvalue weighted by molar-refractivity contribution is 6.15. The number of furan rings is 1. The summed E-state index contributed by atoms with van der Waals surface area (Å²) in [6.45, 7) is 4.53. The number of benzene rings is 5. The van der Waals surface area contributed by atoms with E-state index in [2.05, 4.69) is 91.2 Å². The largest absolute Gasteiger partial charge is 0.454 e. The molecule has 0 fully saturated rings. The third-order valence-electron chi connectivity index (χ3n) is 9.52. The Morgan fingerprint density at radius 2 is 1.42 bits per heavy atom. The van der Waals surface area contributed by atoms with Crippen molar-refractivity contribution in [2.24, 2.45) is 0 Å². The lowest BCUT2D eigenvalue weighted by atomic mass is 9.82. The molecule has 208 valence electrons. The van der Waals surface area contributed by atoms with Gasteiger partial charge in [0.2, 0.25) is 0 Å². The van der Waals surface area contributed by atoms with Crippen LogP contribution in [0, 0.1) is 34.8 Å². The molecule has 2 aromatic heterocycles. The van der Waals surface area contributed by atoms with Crippen LogP contribution in [0.4, 0.5) is 0 Å². The van der Waals surface area contributed by atoms with Crippen molar-refractivity contribution in [3.05, 3.63) is 138 Å². The Bertz CT molecular complexity index is 2650. The molecule has 0 N–H and O–H groups in total. The fourth-order valence-corrected chi connectivity index (χ4v) is 7.42. The van der Waals surface area contributed by atoms with Gasteiger partial charge in [0.1, 0.15) is 5.58 Å². The fourth-order valence-electron chi connectivity index (χ4n) is 7.42. The summed E-state index contributed by atoms with van der Waals surface area (Å²) in [6.07, 6.45) is 0. The maximum atomic E-state index is 9.98. The lowest BCUT2D eigenvalue weighted by Gasteiger charge is -2.21. The van der Waals surface area contributed by atoms with Gasteiger partial charge in [0.05, 0.1) is 45.4 Å². The van der Waals surface area contributed by atoms with Gasteiger partial charge >= 0.3 is 0 Å². The summed E-state index contributed by atoms with van der Waals surface area (Å²) in [7, 11) is 0. The lowest BCUT2D eigenvalue weighted by Crippen LogP contribution is -2.14. The monoisotopic (exact) mass is 573 g/mol. The van der Waals surface area contributed by atoms with Crippen molar-refractivity contribution in [2.75, 3.05) is 0 Å². The average molecular weight is 574 g/mol. The van der Waals surface area contributed by atoms with E-state index in [9.17, 15) is 10.5 Å². The maximum absolute atomic E-state index is 9.98. The number of hydrogen-bond acceptors (Lipinski definition) is 3. The van der Waals surface area contributed by atoms with Crippen LogP contribution >= 0.6 is 0 Å². The number of rotatable bonds is 2. The number of nitriles is 2. The van der Waals surface area contributed by atoms with Gasteiger partial charge in [-0.1, -0.05) is 74.5 Å². The van der Waals surface area contributed by atoms with Crippen molar-refractivity contribution in [3.8, 4) is 40.1 Å². The van der Waals surface area contributed by atoms with Crippen molar-refractivity contribution in [3.63, 3.8) is 0 Å². The van der Waals surface area contributed by atoms with Crippen LogP contribution in [0.15, 0.2) is 108 Å². The van der Waals surface area contributed by atoms with Crippen LogP contribution in [-0.2, 0) is 5.41 Å². The van der Waals surface area contributed by atoms with Gasteiger partial charge in [-0.2, -0.15) is 10.5 Å². The number of nitrogens with zero attached hydrogens (tertiary/aromatic N) is 3. The number of para-hydroxylation sites is 1. The summed E-state index contributed by atoms with van der Waals surface area (Å²) in [5.41, 5.74) is 12.0. The molecule has 0 spiro atoms. The van der Waals surface area contributed by atoms with E-state index in [1.807, 2.05) is 54.6 Å². The highest BCUT2D eigenvalue weighted by Crippen LogP contribution is 2.53. The van der Waals surface area contributed by atoms with Gasteiger partial charge in [-0.25, -0.2) is 0 Å². The molecule has 6 aromatic carbocycles. The van der Waals surface area contributed by atoms with E-state index in [1.54, 1.807) is 0 Å². The molecule has 0 aliphatic heterocycles. The van der Waals surface area contributed by atoms with Crippen LogP contribution in [0.1, 0.15) is 36.1 Å². The van der Waals surface area contributed by atoms with Gasteiger partial charge in [0.25, 0.3) is 0 Å². The van der Waals surface area contributed by atoms with Crippen LogP contribution in [0.5, 0.6) is 0 Å². The summed E-state index contributed by atoms with van der Waals surface area (Å²) < 4.78 is 9.11. The first-order valence-corrected chi connectivity index (χ1v) is 14.9. The molecule has 0 unspecified atom stereocenters. The third kappa shape index (κ3) is 3.30. The zero-order valence-electron chi connectivity index (χ0n) is 24.6. The smallest absolute Gasteiger partial charge is 0.152 e. The molecule has 0 saturated heterocycles. The zero-order chi connectivity index (χ0) is 30.4. The van der Waals surface area contributed by atoms with E-state index in [0.29, 0.717) is 16.7 Å². The first-order valence-electron chi connectivity index (χ1n) is 14.9. The van der Waals surface area contributed by atoms with Crippen LogP contribution in [0.25, 0.3) is 71.7 Å². The molecular weight excluding hydrogens is 550 g/mol. The van der Waals surface area contributed by atoms with Gasteiger partial charge in [-0.05, 0) is 65.2 Å². The average Bonchev–Trinajstić information content (AvgIpc) is 3.70. The standard InChI is InChI=1S/C41H23N3O/c1-41(2)33-12-5-3-9-30(33)38-34(41)17-16-29-27-10-7-11-28(39(27)45-40(29)38)32-21-25(23-43)15-19-37(32)44-35-13-6-4-8-26(35)31-20-24(22-42)14-18-36(31)44/h3-6,8-9,11-21H,1-2H3. The van der Waals surface area contributed by atoms with E-state index in [0.717, 1.165) is 60.5 Å². The molecule has 4 nitrogen and oxygen atoms in total. The highest BCUT2D eigenvalue weighted by atomic mass is 16.3. The van der Waals surface area contributed by atoms with Crippen LogP contribution in [-0.4, -0.2) is 4.57 Å². The van der Waals surface area contributed by atoms with Crippen LogP contribution in [0.3, 0.4) is 0 Å². The molecule has 0 saturated carbocycles. The maximum Gasteiger partial charge on any atom is 0.152 e. The van der Waals surface area contributed by atoms with Gasteiger partial charge in [-0.3, -0.25) is 0 Å². The number of hydrogen-bond donors (Lipinski definition) is 0. The summed E-state index contributed by atoms with van der Waals surface area (Å²) in [5, 5.41) is 23.5.